The molecule has 0 amide bonds. The maximum Gasteiger partial charge on any atom is 0.122 e. The molecule has 0 bridgehead atoms. The van der Waals surface area contributed by atoms with Crippen molar-refractivity contribution in [2.24, 2.45) is 5.92 Å². The summed E-state index contributed by atoms with van der Waals surface area (Å²) >= 11 is 0. The van der Waals surface area contributed by atoms with Crippen molar-refractivity contribution in [3.8, 4) is 11.5 Å². The standard InChI is InChI=1S/C10H14O2.C6H10O3/c1-8(2)7-12-10-5-3-4-9(11)6-10;1(5-3-8-5)7-2-6-4-9-6/h3-6,8,11H,7H2,1-2H3;5-6H,1-4H2. The Morgan fingerprint density at radius 2 is 1.81 bits per heavy atom. The average molecular weight is 296 g/mol. The monoisotopic (exact) mass is 296 g/mol. The fraction of sp³-hybridized carbons (Fsp3) is 0.625. The zero-order valence-electron chi connectivity index (χ0n) is 12.7. The van der Waals surface area contributed by atoms with E-state index in [-0.39, 0.29) is 5.75 Å². The van der Waals surface area contributed by atoms with Crippen LogP contribution >= 0.6 is 0 Å². The largest absolute Gasteiger partial charge is 0.508 e. The number of hydrogen-bond donors (Lipinski definition) is 1. The van der Waals surface area contributed by atoms with Crippen LogP contribution in [-0.2, 0) is 14.2 Å². The molecule has 1 aromatic carbocycles. The van der Waals surface area contributed by atoms with Gasteiger partial charge in [0.25, 0.3) is 0 Å². The van der Waals surface area contributed by atoms with Crippen molar-refractivity contribution in [2.75, 3.05) is 33.0 Å². The Bertz CT molecular complexity index is 401. The van der Waals surface area contributed by atoms with Crippen LogP contribution in [0.2, 0.25) is 0 Å². The van der Waals surface area contributed by atoms with Gasteiger partial charge in [-0.15, -0.1) is 0 Å². The Hall–Kier alpha value is -1.30. The Balaban J connectivity index is 0.000000159. The Labute approximate surface area is 125 Å². The van der Waals surface area contributed by atoms with Crippen LogP contribution in [0.25, 0.3) is 0 Å². The van der Waals surface area contributed by atoms with Gasteiger partial charge < -0.3 is 24.1 Å². The summed E-state index contributed by atoms with van der Waals surface area (Å²) in [6.45, 7) is 8.12. The van der Waals surface area contributed by atoms with Gasteiger partial charge in [0.15, 0.2) is 0 Å². The van der Waals surface area contributed by atoms with E-state index in [4.69, 9.17) is 24.1 Å². The maximum absolute atomic E-state index is 9.10. The number of aromatic hydroxyl groups is 1. The molecule has 3 rings (SSSR count). The molecule has 2 unspecified atom stereocenters. The van der Waals surface area contributed by atoms with Gasteiger partial charge in [0.1, 0.15) is 23.7 Å². The molecule has 5 nitrogen and oxygen atoms in total. The number of rotatable bonds is 7. The summed E-state index contributed by atoms with van der Waals surface area (Å²) < 4.78 is 20.5. The molecule has 5 heteroatoms. The van der Waals surface area contributed by atoms with Crippen LogP contribution in [0.4, 0.5) is 0 Å². The molecule has 0 saturated carbocycles. The van der Waals surface area contributed by atoms with Crippen LogP contribution in [-0.4, -0.2) is 50.3 Å². The van der Waals surface area contributed by atoms with E-state index >= 15 is 0 Å². The van der Waals surface area contributed by atoms with E-state index in [9.17, 15) is 0 Å². The van der Waals surface area contributed by atoms with E-state index < -0.39 is 0 Å². The van der Waals surface area contributed by atoms with Crippen LogP contribution in [0, 0.1) is 5.92 Å². The number of phenols is 1. The van der Waals surface area contributed by atoms with Crippen molar-refractivity contribution in [1.29, 1.82) is 0 Å². The molecule has 0 aromatic heterocycles. The molecular weight excluding hydrogens is 272 g/mol. The van der Waals surface area contributed by atoms with E-state index in [0.29, 0.717) is 24.7 Å². The second-order valence-electron chi connectivity index (χ2n) is 5.65. The minimum absolute atomic E-state index is 0.247. The van der Waals surface area contributed by atoms with Gasteiger partial charge >= 0.3 is 0 Å². The van der Waals surface area contributed by atoms with Gasteiger partial charge in [0.05, 0.1) is 33.0 Å². The van der Waals surface area contributed by atoms with Gasteiger partial charge in [0, 0.05) is 6.07 Å². The van der Waals surface area contributed by atoms with E-state index in [1.807, 2.05) is 6.07 Å². The Morgan fingerprint density at radius 3 is 2.29 bits per heavy atom. The first-order valence-electron chi connectivity index (χ1n) is 7.36. The molecule has 1 N–H and O–H groups in total. The Kier molecular flexibility index (Phi) is 6.29. The smallest absolute Gasteiger partial charge is 0.122 e. The fourth-order valence-electron chi connectivity index (χ4n) is 1.50. The summed E-state index contributed by atoms with van der Waals surface area (Å²) in [7, 11) is 0. The summed E-state index contributed by atoms with van der Waals surface area (Å²) in [4.78, 5) is 0. The SMILES string of the molecule is C(OCC1CO1)C1CO1.CC(C)COc1cccc(O)c1. The second kappa shape index (κ2) is 8.22. The molecule has 2 atom stereocenters. The van der Waals surface area contributed by atoms with Gasteiger partial charge in [-0.05, 0) is 18.1 Å². The van der Waals surface area contributed by atoms with Crippen LogP contribution in [0.1, 0.15) is 13.8 Å². The highest BCUT2D eigenvalue weighted by atomic mass is 16.6. The van der Waals surface area contributed by atoms with Crippen LogP contribution in [0.15, 0.2) is 24.3 Å². The normalized spacial score (nSPS) is 22.4. The van der Waals surface area contributed by atoms with Crippen LogP contribution in [0.3, 0.4) is 0 Å². The number of ether oxygens (including phenoxy) is 4. The Morgan fingerprint density at radius 1 is 1.19 bits per heavy atom. The van der Waals surface area contributed by atoms with E-state index in [1.54, 1.807) is 18.2 Å². The summed E-state index contributed by atoms with van der Waals surface area (Å²) in [5.74, 6) is 1.48. The van der Waals surface area contributed by atoms with E-state index in [1.165, 1.54) is 0 Å². The number of benzene rings is 1. The van der Waals surface area contributed by atoms with Gasteiger partial charge in [0.2, 0.25) is 0 Å². The lowest BCUT2D eigenvalue weighted by molar-refractivity contribution is 0.102. The van der Waals surface area contributed by atoms with Crippen molar-refractivity contribution in [3.05, 3.63) is 24.3 Å². The van der Waals surface area contributed by atoms with Crippen LogP contribution in [0.5, 0.6) is 11.5 Å². The van der Waals surface area contributed by atoms with Gasteiger partial charge in [-0.25, -0.2) is 0 Å². The highest BCUT2D eigenvalue weighted by Gasteiger charge is 2.26. The molecule has 1 aromatic rings. The number of epoxide rings is 2. The van der Waals surface area contributed by atoms with Crippen molar-refractivity contribution in [1.82, 2.24) is 0 Å². The summed E-state index contributed by atoms with van der Waals surface area (Å²) in [6, 6.07) is 6.84. The lowest BCUT2D eigenvalue weighted by atomic mass is 10.2. The molecule has 118 valence electrons. The minimum atomic E-state index is 0.247. The lowest BCUT2D eigenvalue weighted by Gasteiger charge is -2.08. The predicted octanol–water partition coefficient (Wildman–Crippen LogP) is 2.23. The zero-order chi connectivity index (χ0) is 15.1. The van der Waals surface area contributed by atoms with E-state index in [2.05, 4.69) is 13.8 Å². The van der Waals surface area contributed by atoms with Crippen LogP contribution < -0.4 is 4.74 Å². The molecule has 0 aliphatic carbocycles. The summed E-state index contributed by atoms with van der Waals surface area (Å²) in [5.41, 5.74) is 0. The third kappa shape index (κ3) is 7.90. The maximum atomic E-state index is 9.10. The zero-order valence-corrected chi connectivity index (χ0v) is 12.7. The molecule has 2 aliphatic rings. The van der Waals surface area contributed by atoms with Gasteiger partial charge in [-0.3, -0.25) is 0 Å². The number of hydrogen-bond acceptors (Lipinski definition) is 5. The molecule has 0 spiro atoms. The topological polar surface area (TPSA) is 63.8 Å². The first-order valence-corrected chi connectivity index (χ1v) is 7.36. The number of phenolic OH excluding ortho intramolecular Hbond substituents is 1. The third-order valence-electron chi connectivity index (χ3n) is 2.81. The molecule has 0 radical (unpaired) electrons. The average Bonchev–Trinajstić information content (AvgIpc) is 3.32. The molecule has 2 heterocycles. The van der Waals surface area contributed by atoms with Crippen molar-refractivity contribution in [3.63, 3.8) is 0 Å². The molecule has 2 fully saturated rings. The van der Waals surface area contributed by atoms with Crippen molar-refractivity contribution in [2.45, 2.75) is 26.1 Å². The second-order valence-corrected chi connectivity index (χ2v) is 5.65. The lowest BCUT2D eigenvalue weighted by Crippen LogP contribution is -2.06. The first kappa shape index (κ1) is 16.1. The minimum Gasteiger partial charge on any atom is -0.508 e. The molecule has 2 aliphatic heterocycles. The van der Waals surface area contributed by atoms with Gasteiger partial charge in [-0.2, -0.15) is 0 Å². The van der Waals surface area contributed by atoms with Crippen molar-refractivity contribution >= 4 is 0 Å². The fourth-order valence-corrected chi connectivity index (χ4v) is 1.50. The quantitative estimate of drug-likeness (QED) is 0.782. The summed E-state index contributed by atoms with van der Waals surface area (Å²) in [6.07, 6.45) is 0.785. The molecular formula is C16H24O5. The summed E-state index contributed by atoms with van der Waals surface area (Å²) in [5, 5.41) is 9.10. The third-order valence-corrected chi connectivity index (χ3v) is 2.81. The first-order chi connectivity index (χ1) is 10.1. The highest BCUT2D eigenvalue weighted by Crippen LogP contribution is 2.18. The van der Waals surface area contributed by atoms with E-state index in [0.717, 1.165) is 32.2 Å². The molecule has 2 saturated heterocycles. The van der Waals surface area contributed by atoms with Gasteiger partial charge in [-0.1, -0.05) is 19.9 Å². The van der Waals surface area contributed by atoms with Crippen molar-refractivity contribution < 1.29 is 24.1 Å². The highest BCUT2D eigenvalue weighted by molar-refractivity contribution is 5.31. The molecule has 21 heavy (non-hydrogen) atoms. The predicted molar refractivity (Wildman–Crippen MR) is 78.7 cm³/mol.